The van der Waals surface area contributed by atoms with Crippen LogP contribution in [0.25, 0.3) is 5.57 Å². The van der Waals surface area contributed by atoms with Crippen molar-refractivity contribution in [2.45, 2.75) is 10.6 Å². The van der Waals surface area contributed by atoms with Crippen LogP contribution in [0.4, 0.5) is 0 Å². The van der Waals surface area contributed by atoms with E-state index in [0.29, 0.717) is 5.02 Å². The van der Waals surface area contributed by atoms with Gasteiger partial charge in [-0.3, -0.25) is 0 Å². The number of carboxylic acid groups (broad SMARTS) is 1. The predicted octanol–water partition coefficient (Wildman–Crippen LogP) is 4.46. The Morgan fingerprint density at radius 2 is 2.00 bits per heavy atom. The van der Waals surface area contributed by atoms with Crippen molar-refractivity contribution in [2.24, 2.45) is 0 Å². The van der Waals surface area contributed by atoms with Crippen molar-refractivity contribution in [3.63, 3.8) is 0 Å². The summed E-state index contributed by atoms with van der Waals surface area (Å²) < 4.78 is 0. The van der Waals surface area contributed by atoms with Crippen LogP contribution in [0, 0.1) is 0 Å². The van der Waals surface area contributed by atoms with Crippen molar-refractivity contribution in [1.29, 1.82) is 0 Å². The molecule has 1 aliphatic heterocycles. The van der Waals surface area contributed by atoms with Gasteiger partial charge in [0, 0.05) is 21.7 Å². The van der Waals surface area contributed by atoms with Gasteiger partial charge in [-0.1, -0.05) is 35.9 Å². The first-order valence-corrected chi connectivity index (χ1v) is 7.47. The minimum atomic E-state index is -0.951. The number of halogens is 1. The van der Waals surface area contributed by atoms with E-state index in [1.54, 1.807) is 11.8 Å². The Labute approximate surface area is 126 Å². The molecule has 0 aromatic heterocycles. The minimum absolute atomic E-state index is 0.611. The maximum atomic E-state index is 11.2. The van der Waals surface area contributed by atoms with Gasteiger partial charge in [-0.2, -0.15) is 0 Å². The van der Waals surface area contributed by atoms with E-state index in [0.717, 1.165) is 32.9 Å². The third-order valence-electron chi connectivity index (χ3n) is 3.19. The summed E-state index contributed by atoms with van der Waals surface area (Å²) in [5, 5.41) is 9.77. The van der Waals surface area contributed by atoms with Crippen LogP contribution in [0.2, 0.25) is 5.02 Å². The van der Waals surface area contributed by atoms with Crippen molar-refractivity contribution in [3.8, 4) is 0 Å². The van der Waals surface area contributed by atoms with Gasteiger partial charge in [0.25, 0.3) is 0 Å². The fraction of sp³-hybridized carbons (Fsp3) is 0.0625. The first kappa shape index (κ1) is 13.3. The second kappa shape index (κ2) is 5.35. The topological polar surface area (TPSA) is 37.3 Å². The van der Waals surface area contributed by atoms with E-state index < -0.39 is 5.97 Å². The molecule has 0 bridgehead atoms. The summed E-state index contributed by atoms with van der Waals surface area (Å²) in [6.07, 6.45) is 1.26. The summed E-state index contributed by atoms with van der Waals surface area (Å²) in [5.74, 6) is -0.130. The van der Waals surface area contributed by atoms with Crippen molar-refractivity contribution >= 4 is 34.9 Å². The maximum Gasteiger partial charge on any atom is 0.328 e. The molecular formula is C16H11ClO2S. The van der Waals surface area contributed by atoms with Crippen LogP contribution >= 0.6 is 23.4 Å². The lowest BCUT2D eigenvalue weighted by Gasteiger charge is -2.10. The molecule has 0 aliphatic carbocycles. The van der Waals surface area contributed by atoms with Crippen molar-refractivity contribution in [2.75, 3.05) is 0 Å². The summed E-state index contributed by atoms with van der Waals surface area (Å²) in [4.78, 5) is 12.2. The quantitative estimate of drug-likeness (QED) is 0.790. The number of thioether (sulfide) groups is 1. The Morgan fingerprint density at radius 1 is 1.20 bits per heavy atom. The van der Waals surface area contributed by atoms with E-state index in [4.69, 9.17) is 16.7 Å². The molecular weight excluding hydrogens is 292 g/mol. The molecule has 0 radical (unpaired) electrons. The smallest absolute Gasteiger partial charge is 0.328 e. The summed E-state index contributed by atoms with van der Waals surface area (Å²) in [6, 6.07) is 13.5. The van der Waals surface area contributed by atoms with Crippen molar-refractivity contribution < 1.29 is 9.90 Å². The number of fused-ring (bicyclic) bond motifs is 2. The Kier molecular flexibility index (Phi) is 3.55. The Bertz CT molecular complexity index is 722. The second-order valence-electron chi connectivity index (χ2n) is 4.48. The minimum Gasteiger partial charge on any atom is -0.478 e. The Hall–Kier alpha value is -1.71. The Morgan fingerprint density at radius 3 is 2.80 bits per heavy atom. The number of hydrogen-bond acceptors (Lipinski definition) is 2. The molecule has 0 atom stereocenters. The zero-order chi connectivity index (χ0) is 14.1. The molecule has 0 amide bonds. The van der Waals surface area contributed by atoms with Gasteiger partial charge in [-0.15, -0.1) is 11.8 Å². The standard InChI is InChI=1S/C16H11ClO2S/c17-11-5-6-15-14(7-11)13(8-16(18)19)12-4-2-1-3-10(12)9-20-15/h1-8H,9H2,(H,18,19). The van der Waals surface area contributed by atoms with Gasteiger partial charge in [-0.05, 0) is 40.5 Å². The van der Waals surface area contributed by atoms with E-state index in [-0.39, 0.29) is 0 Å². The molecule has 2 aromatic carbocycles. The molecule has 20 heavy (non-hydrogen) atoms. The van der Waals surface area contributed by atoms with Crippen molar-refractivity contribution in [3.05, 3.63) is 70.3 Å². The molecule has 0 saturated heterocycles. The molecule has 1 heterocycles. The molecule has 0 saturated carbocycles. The molecule has 0 unspecified atom stereocenters. The third kappa shape index (κ3) is 2.47. The number of aliphatic carboxylic acids is 1. The number of carboxylic acids is 1. The highest BCUT2D eigenvalue weighted by Crippen LogP contribution is 2.40. The highest BCUT2D eigenvalue weighted by Gasteiger charge is 2.19. The SMILES string of the molecule is O=C(O)C=C1c2ccccc2CSc2ccc(Cl)cc21. The lowest BCUT2D eigenvalue weighted by Crippen LogP contribution is -1.96. The average molecular weight is 303 g/mol. The fourth-order valence-corrected chi connectivity index (χ4v) is 3.55. The van der Waals surface area contributed by atoms with Crippen LogP contribution in [0.3, 0.4) is 0 Å². The van der Waals surface area contributed by atoms with Gasteiger partial charge in [0.15, 0.2) is 0 Å². The molecule has 100 valence electrons. The molecule has 4 heteroatoms. The van der Waals surface area contributed by atoms with Gasteiger partial charge in [0.05, 0.1) is 0 Å². The average Bonchev–Trinajstić information content (AvgIpc) is 2.57. The Balaban J connectivity index is 2.30. The monoisotopic (exact) mass is 302 g/mol. The van der Waals surface area contributed by atoms with E-state index in [1.807, 2.05) is 42.5 Å². The largest absolute Gasteiger partial charge is 0.478 e. The van der Waals surface area contributed by atoms with Crippen LogP contribution in [0.15, 0.2) is 53.4 Å². The number of rotatable bonds is 1. The zero-order valence-electron chi connectivity index (χ0n) is 10.5. The fourth-order valence-electron chi connectivity index (χ4n) is 2.33. The molecule has 3 rings (SSSR count). The summed E-state index contributed by atoms with van der Waals surface area (Å²) in [6.45, 7) is 0. The van der Waals surface area contributed by atoms with Gasteiger partial charge in [0.1, 0.15) is 0 Å². The summed E-state index contributed by atoms with van der Waals surface area (Å²) >= 11 is 7.77. The van der Waals surface area contributed by atoms with E-state index in [9.17, 15) is 4.79 Å². The lowest BCUT2D eigenvalue weighted by molar-refractivity contribution is -0.131. The number of hydrogen-bond donors (Lipinski definition) is 1. The van der Waals surface area contributed by atoms with Gasteiger partial charge < -0.3 is 5.11 Å². The molecule has 2 nitrogen and oxygen atoms in total. The zero-order valence-corrected chi connectivity index (χ0v) is 12.0. The summed E-state index contributed by atoms with van der Waals surface area (Å²) in [5.41, 5.74) is 3.70. The first-order chi connectivity index (χ1) is 9.65. The highest BCUT2D eigenvalue weighted by atomic mass is 35.5. The maximum absolute atomic E-state index is 11.2. The molecule has 1 N–H and O–H groups in total. The normalized spacial score (nSPS) is 15.3. The van der Waals surface area contributed by atoms with Gasteiger partial charge in [0.2, 0.25) is 0 Å². The lowest BCUT2D eigenvalue weighted by atomic mass is 9.94. The van der Waals surface area contributed by atoms with Crippen molar-refractivity contribution in [1.82, 2.24) is 0 Å². The molecule has 1 aliphatic rings. The van der Waals surface area contributed by atoms with Crippen LogP contribution < -0.4 is 0 Å². The molecule has 2 aromatic rings. The molecule has 0 fully saturated rings. The number of carbonyl (C=O) groups is 1. The predicted molar refractivity (Wildman–Crippen MR) is 82.2 cm³/mol. The van der Waals surface area contributed by atoms with E-state index in [2.05, 4.69) is 0 Å². The highest BCUT2D eigenvalue weighted by molar-refractivity contribution is 7.98. The van der Waals surface area contributed by atoms with Gasteiger partial charge in [-0.25, -0.2) is 4.79 Å². The van der Waals surface area contributed by atoms with Crippen LogP contribution in [-0.4, -0.2) is 11.1 Å². The van der Waals surface area contributed by atoms with E-state index >= 15 is 0 Å². The van der Waals surface area contributed by atoms with Crippen LogP contribution in [0.5, 0.6) is 0 Å². The van der Waals surface area contributed by atoms with E-state index in [1.165, 1.54) is 6.08 Å². The van der Waals surface area contributed by atoms with Crippen LogP contribution in [0.1, 0.15) is 16.7 Å². The number of benzene rings is 2. The first-order valence-electron chi connectivity index (χ1n) is 6.11. The van der Waals surface area contributed by atoms with Crippen LogP contribution in [-0.2, 0) is 10.5 Å². The van der Waals surface area contributed by atoms with Gasteiger partial charge >= 0.3 is 5.97 Å². The summed E-state index contributed by atoms with van der Waals surface area (Å²) in [7, 11) is 0. The third-order valence-corrected chi connectivity index (χ3v) is 4.55. The molecule has 0 spiro atoms. The second-order valence-corrected chi connectivity index (χ2v) is 5.94.